The van der Waals surface area contributed by atoms with E-state index in [1.54, 1.807) is 0 Å². The summed E-state index contributed by atoms with van der Waals surface area (Å²) in [6.07, 6.45) is -0.867. The highest BCUT2D eigenvalue weighted by Gasteiger charge is 2.30. The number of carboxylic acid groups (broad SMARTS) is 1. The van der Waals surface area contributed by atoms with Crippen LogP contribution in [-0.2, 0) is 14.3 Å². The summed E-state index contributed by atoms with van der Waals surface area (Å²) in [6.45, 7) is -0.205. The molecular formula is C22H20N4O7. The summed E-state index contributed by atoms with van der Waals surface area (Å²) in [5.74, 6) is -2.65. The Bertz CT molecular complexity index is 1150. The molecule has 0 bridgehead atoms. The zero-order chi connectivity index (χ0) is 23.4. The minimum Gasteiger partial charge on any atom is -0.480 e. The maximum absolute atomic E-state index is 12.4. The maximum atomic E-state index is 12.4. The minimum absolute atomic E-state index is 0.0571. The Morgan fingerprint density at radius 1 is 1.06 bits per heavy atom. The second kappa shape index (κ2) is 9.49. The molecule has 0 saturated carbocycles. The number of carbonyl (C=O) groups is 3. The Hall–Kier alpha value is -4.25. The molecule has 1 atom stereocenters. The van der Waals surface area contributed by atoms with Gasteiger partial charge < -0.3 is 19.9 Å². The summed E-state index contributed by atoms with van der Waals surface area (Å²) in [7, 11) is 1.30. The van der Waals surface area contributed by atoms with Crippen LogP contribution < -0.4 is 10.6 Å². The van der Waals surface area contributed by atoms with Crippen LogP contribution in [0.2, 0.25) is 0 Å². The molecule has 0 spiro atoms. The van der Waals surface area contributed by atoms with Gasteiger partial charge in [-0.05, 0) is 32.6 Å². The number of fused-ring (bicyclic) bond motifs is 3. The molecule has 11 nitrogen and oxygen atoms in total. The predicted octanol–water partition coefficient (Wildman–Crippen LogP) is 2.26. The molecule has 0 saturated heterocycles. The van der Waals surface area contributed by atoms with Gasteiger partial charge in [0.2, 0.25) is 11.5 Å². The van der Waals surface area contributed by atoms with E-state index in [0.29, 0.717) is 0 Å². The number of nitrogens with zero attached hydrogens (tertiary/aromatic N) is 2. The van der Waals surface area contributed by atoms with E-state index in [1.165, 1.54) is 7.11 Å². The molecular weight excluding hydrogens is 432 g/mol. The molecule has 33 heavy (non-hydrogen) atoms. The van der Waals surface area contributed by atoms with Gasteiger partial charge in [-0.15, -0.1) is 0 Å². The van der Waals surface area contributed by atoms with Gasteiger partial charge in [0.25, 0.3) is 5.91 Å². The van der Waals surface area contributed by atoms with E-state index in [1.807, 2.05) is 48.5 Å². The number of methoxy groups -OCH3 is 1. The highest BCUT2D eigenvalue weighted by Crippen LogP contribution is 2.44. The lowest BCUT2D eigenvalue weighted by molar-refractivity contribution is -0.140. The van der Waals surface area contributed by atoms with E-state index in [2.05, 4.69) is 25.6 Å². The van der Waals surface area contributed by atoms with Crippen LogP contribution in [-0.4, -0.2) is 59.8 Å². The summed E-state index contributed by atoms with van der Waals surface area (Å²) >= 11 is 0. The smallest absolute Gasteiger partial charge is 0.412 e. The monoisotopic (exact) mass is 452 g/mol. The van der Waals surface area contributed by atoms with E-state index in [9.17, 15) is 14.4 Å². The van der Waals surface area contributed by atoms with Crippen LogP contribution >= 0.6 is 0 Å². The lowest BCUT2D eigenvalue weighted by Crippen LogP contribution is -2.44. The summed E-state index contributed by atoms with van der Waals surface area (Å²) in [5.41, 5.74) is 3.88. The van der Waals surface area contributed by atoms with Crippen LogP contribution in [0.3, 0.4) is 0 Å². The summed E-state index contributed by atoms with van der Waals surface area (Å²) in [4.78, 5) is 36.0. The van der Waals surface area contributed by atoms with Gasteiger partial charge in [-0.1, -0.05) is 48.5 Å². The van der Waals surface area contributed by atoms with Crippen LogP contribution in [0.25, 0.3) is 11.1 Å². The van der Waals surface area contributed by atoms with Crippen molar-refractivity contribution < 1.29 is 33.6 Å². The van der Waals surface area contributed by atoms with E-state index >= 15 is 0 Å². The fraction of sp³-hybridized carbons (Fsp3) is 0.227. The third-order valence-electron chi connectivity index (χ3n) is 5.20. The predicted molar refractivity (Wildman–Crippen MR) is 114 cm³/mol. The summed E-state index contributed by atoms with van der Waals surface area (Å²) < 4.78 is 14.7. The molecule has 3 N–H and O–H groups in total. The van der Waals surface area contributed by atoms with E-state index < -0.39 is 29.7 Å². The lowest BCUT2D eigenvalue weighted by Gasteiger charge is -2.14. The van der Waals surface area contributed by atoms with Crippen LogP contribution in [0.5, 0.6) is 0 Å². The van der Waals surface area contributed by atoms with E-state index in [-0.39, 0.29) is 24.9 Å². The molecule has 0 unspecified atom stereocenters. The standard InChI is InChI=1S/C22H20N4O7/c1-31-11-17(21(28)29)23-20(27)18-19(26-33-25-18)24-22(30)32-10-16-14-8-4-2-6-12(14)13-7-3-5-9-15(13)16/h2-9,16-17H,10-11H2,1H3,(H,23,27)(H,28,29)(H,24,26,30)/t17-/m0/s1. The Balaban J connectivity index is 1.41. The number of carboxylic acids is 1. The number of nitrogens with one attached hydrogen (secondary N) is 2. The number of rotatable bonds is 8. The number of aromatic nitrogens is 2. The van der Waals surface area contributed by atoms with Crippen molar-refractivity contribution in [2.45, 2.75) is 12.0 Å². The van der Waals surface area contributed by atoms with Crippen LogP contribution in [0.4, 0.5) is 10.6 Å². The SMILES string of the molecule is COC[C@H](NC(=O)c1nonc1NC(=O)OCC1c2ccccc2-c2ccccc21)C(=O)O. The first-order valence-corrected chi connectivity index (χ1v) is 9.96. The van der Waals surface area contributed by atoms with Crippen LogP contribution in [0.1, 0.15) is 27.5 Å². The topological polar surface area (TPSA) is 153 Å². The Kier molecular flexibility index (Phi) is 6.31. The quantitative estimate of drug-likeness (QED) is 0.467. The Labute approximate surface area is 187 Å². The maximum Gasteiger partial charge on any atom is 0.412 e. The van der Waals surface area contributed by atoms with Crippen molar-refractivity contribution >= 4 is 23.8 Å². The number of benzene rings is 2. The van der Waals surface area contributed by atoms with Gasteiger partial charge in [0.05, 0.1) is 6.61 Å². The molecule has 3 aromatic rings. The van der Waals surface area contributed by atoms with Gasteiger partial charge >= 0.3 is 12.1 Å². The molecule has 0 aliphatic heterocycles. The minimum atomic E-state index is -1.32. The summed E-state index contributed by atoms with van der Waals surface area (Å²) in [6, 6.07) is 14.5. The van der Waals surface area contributed by atoms with E-state index in [0.717, 1.165) is 22.3 Å². The molecule has 11 heteroatoms. The molecule has 0 fully saturated rings. The third kappa shape index (κ3) is 4.53. The average molecular weight is 452 g/mol. The number of carbonyl (C=O) groups excluding carboxylic acids is 2. The van der Waals surface area contributed by atoms with Crippen molar-refractivity contribution in [2.75, 3.05) is 25.6 Å². The van der Waals surface area contributed by atoms with Crippen LogP contribution in [0.15, 0.2) is 53.2 Å². The molecule has 1 aliphatic carbocycles. The number of ether oxygens (including phenoxy) is 2. The first-order valence-electron chi connectivity index (χ1n) is 9.96. The van der Waals surface area contributed by atoms with Crippen molar-refractivity contribution in [2.24, 2.45) is 0 Å². The molecule has 4 rings (SSSR count). The van der Waals surface area contributed by atoms with Gasteiger partial charge in [0.15, 0.2) is 6.04 Å². The second-order valence-electron chi connectivity index (χ2n) is 7.23. The fourth-order valence-corrected chi connectivity index (χ4v) is 3.72. The van der Waals surface area contributed by atoms with Crippen molar-refractivity contribution in [3.8, 4) is 11.1 Å². The van der Waals surface area contributed by atoms with E-state index in [4.69, 9.17) is 14.6 Å². The number of anilines is 1. The van der Waals surface area contributed by atoms with Gasteiger partial charge in [-0.25, -0.2) is 14.2 Å². The highest BCUT2D eigenvalue weighted by molar-refractivity contribution is 6.01. The Morgan fingerprint density at radius 3 is 2.30 bits per heavy atom. The number of amides is 2. The molecule has 0 radical (unpaired) electrons. The summed E-state index contributed by atoms with van der Waals surface area (Å²) in [5, 5.41) is 20.6. The first-order chi connectivity index (χ1) is 16.0. The molecule has 1 heterocycles. The largest absolute Gasteiger partial charge is 0.480 e. The van der Waals surface area contributed by atoms with Gasteiger partial charge in [0, 0.05) is 13.0 Å². The zero-order valence-electron chi connectivity index (χ0n) is 17.5. The van der Waals surface area contributed by atoms with Crippen molar-refractivity contribution in [3.63, 3.8) is 0 Å². The Morgan fingerprint density at radius 2 is 1.70 bits per heavy atom. The highest BCUT2D eigenvalue weighted by atomic mass is 16.6. The molecule has 1 aromatic heterocycles. The van der Waals surface area contributed by atoms with Gasteiger partial charge in [-0.2, -0.15) is 0 Å². The van der Waals surface area contributed by atoms with Crippen molar-refractivity contribution in [1.29, 1.82) is 0 Å². The van der Waals surface area contributed by atoms with Crippen molar-refractivity contribution in [1.82, 2.24) is 15.6 Å². The fourth-order valence-electron chi connectivity index (χ4n) is 3.72. The normalized spacial score (nSPS) is 13.0. The van der Waals surface area contributed by atoms with Gasteiger partial charge in [-0.3, -0.25) is 10.1 Å². The van der Waals surface area contributed by atoms with Gasteiger partial charge in [0.1, 0.15) is 6.61 Å². The van der Waals surface area contributed by atoms with Crippen molar-refractivity contribution in [3.05, 3.63) is 65.4 Å². The molecule has 2 amide bonds. The van der Waals surface area contributed by atoms with Crippen LogP contribution in [0, 0.1) is 0 Å². The first kappa shape index (κ1) is 22.0. The molecule has 170 valence electrons. The number of aliphatic carboxylic acids is 1. The average Bonchev–Trinajstić information content (AvgIpc) is 3.40. The molecule has 1 aliphatic rings. The molecule has 2 aromatic carbocycles. The third-order valence-corrected chi connectivity index (χ3v) is 5.20. The number of hydrogen-bond donors (Lipinski definition) is 3. The lowest BCUT2D eigenvalue weighted by atomic mass is 9.98. The number of hydrogen-bond acceptors (Lipinski definition) is 8. The zero-order valence-corrected chi connectivity index (χ0v) is 17.5. The second-order valence-corrected chi connectivity index (χ2v) is 7.23.